The Morgan fingerprint density at radius 1 is 0.596 bits per heavy atom. The maximum atomic E-state index is 5.54. The van der Waals surface area contributed by atoms with E-state index < -0.39 is 0 Å². The zero-order chi connectivity index (χ0) is 34.5. The zero-order valence-corrected chi connectivity index (χ0v) is 29.1. The molecule has 0 fully saturated rings. The second-order valence-electron chi connectivity index (χ2n) is 14.0. The van der Waals surface area contributed by atoms with Crippen LogP contribution >= 0.6 is 0 Å². The highest BCUT2D eigenvalue weighted by Crippen LogP contribution is 2.48. The molecule has 0 N–H and O–H groups in total. The SMILES string of the molecule is C/C=C\c1c(C)n2c3c1cccc3c1c3ccccc3c3c4ccccc4n(-c4nc5c(c(-c6ccc(-c7ccccc7)cc6)n4)C=CCC5)c3c12. The van der Waals surface area contributed by atoms with Crippen LogP contribution in [0.1, 0.15) is 35.9 Å². The van der Waals surface area contributed by atoms with Gasteiger partial charge < -0.3 is 4.40 Å². The molecule has 0 atom stereocenters. The van der Waals surface area contributed by atoms with Gasteiger partial charge in [-0.25, -0.2) is 9.97 Å². The molecular weight excluding hydrogens is 633 g/mol. The normalized spacial score (nSPS) is 13.3. The summed E-state index contributed by atoms with van der Waals surface area (Å²) in [5.74, 6) is 0.713. The van der Waals surface area contributed by atoms with Gasteiger partial charge in [0.1, 0.15) is 0 Å². The van der Waals surface area contributed by atoms with Crippen LogP contribution in [0.25, 0.3) is 100 Å². The number of nitrogens with zero attached hydrogens (tertiary/aromatic N) is 4. The lowest BCUT2D eigenvalue weighted by Gasteiger charge is -2.18. The van der Waals surface area contributed by atoms with Crippen molar-refractivity contribution in [3.63, 3.8) is 0 Å². The number of fused-ring (bicyclic) bond motifs is 11. The van der Waals surface area contributed by atoms with E-state index in [9.17, 15) is 0 Å². The lowest BCUT2D eigenvalue weighted by atomic mass is 9.96. The van der Waals surface area contributed by atoms with Crippen molar-refractivity contribution in [2.24, 2.45) is 0 Å². The Morgan fingerprint density at radius 3 is 2.04 bits per heavy atom. The molecule has 0 saturated carbocycles. The fraction of sp³-hybridized carbons (Fsp3) is 0.0833. The van der Waals surface area contributed by atoms with E-state index in [0.29, 0.717) is 5.95 Å². The highest BCUT2D eigenvalue weighted by molar-refractivity contribution is 6.37. The van der Waals surface area contributed by atoms with E-state index in [1.165, 1.54) is 71.1 Å². The number of aromatic nitrogens is 4. The molecule has 0 bridgehead atoms. The summed E-state index contributed by atoms with van der Waals surface area (Å²) in [5.41, 5.74) is 13.9. The van der Waals surface area contributed by atoms with Crippen LogP contribution in [0.4, 0.5) is 0 Å². The average Bonchev–Trinajstić information content (AvgIpc) is 3.83. The van der Waals surface area contributed by atoms with Crippen molar-refractivity contribution in [3.8, 4) is 28.3 Å². The Morgan fingerprint density at radius 2 is 1.25 bits per heavy atom. The van der Waals surface area contributed by atoms with Gasteiger partial charge in [-0.15, -0.1) is 0 Å². The Kier molecular flexibility index (Phi) is 6.18. The van der Waals surface area contributed by atoms with Crippen LogP contribution in [0.3, 0.4) is 0 Å². The summed E-state index contributed by atoms with van der Waals surface area (Å²) in [4.78, 5) is 11.0. The van der Waals surface area contributed by atoms with Gasteiger partial charge in [-0.2, -0.15) is 0 Å². The first-order valence-corrected chi connectivity index (χ1v) is 18.2. The summed E-state index contributed by atoms with van der Waals surface area (Å²) in [5, 5.41) is 8.79. The van der Waals surface area contributed by atoms with Gasteiger partial charge >= 0.3 is 0 Å². The van der Waals surface area contributed by atoms with Crippen LogP contribution in [-0.4, -0.2) is 18.9 Å². The van der Waals surface area contributed by atoms with Crippen molar-refractivity contribution >= 4 is 71.9 Å². The molecule has 0 radical (unpaired) electrons. The largest absolute Gasteiger partial charge is 0.310 e. The van der Waals surface area contributed by atoms with Crippen molar-refractivity contribution in [1.82, 2.24) is 18.9 Å². The molecule has 4 heteroatoms. The molecule has 6 aromatic carbocycles. The summed E-state index contributed by atoms with van der Waals surface area (Å²) >= 11 is 0. The third kappa shape index (κ3) is 3.92. The zero-order valence-electron chi connectivity index (χ0n) is 29.1. The molecule has 0 unspecified atom stereocenters. The molecule has 11 rings (SSSR count). The van der Waals surface area contributed by atoms with E-state index in [4.69, 9.17) is 9.97 Å². The summed E-state index contributed by atoms with van der Waals surface area (Å²) in [6, 6.07) is 43.9. The minimum absolute atomic E-state index is 0.713. The second kappa shape index (κ2) is 11.0. The number of hydrogen-bond donors (Lipinski definition) is 0. The quantitative estimate of drug-likeness (QED) is 0.187. The number of rotatable bonds is 4. The Labute approximate surface area is 301 Å². The minimum Gasteiger partial charge on any atom is -0.310 e. The van der Waals surface area contributed by atoms with E-state index in [2.05, 4.69) is 168 Å². The van der Waals surface area contributed by atoms with Gasteiger partial charge in [0.25, 0.3) is 0 Å². The summed E-state index contributed by atoms with van der Waals surface area (Å²) in [7, 11) is 0. The Hall–Kier alpha value is -6.52. The molecule has 0 amide bonds. The number of aryl methyl sites for hydroxylation is 2. The number of hydrogen-bond acceptors (Lipinski definition) is 2. The molecule has 1 aliphatic carbocycles. The molecule has 0 saturated heterocycles. The Balaban J connectivity index is 1.30. The third-order valence-electron chi connectivity index (χ3n) is 11.2. The average molecular weight is 667 g/mol. The first-order chi connectivity index (χ1) is 25.7. The van der Waals surface area contributed by atoms with Crippen LogP contribution in [-0.2, 0) is 6.42 Å². The number of allylic oxidation sites excluding steroid dienone is 2. The van der Waals surface area contributed by atoms with Crippen LogP contribution in [0.5, 0.6) is 0 Å². The van der Waals surface area contributed by atoms with Crippen molar-refractivity contribution in [2.75, 3.05) is 0 Å². The smallest absolute Gasteiger partial charge is 0.235 e. The van der Waals surface area contributed by atoms with Gasteiger partial charge in [-0.1, -0.05) is 140 Å². The first kappa shape index (κ1) is 29.2. The van der Waals surface area contributed by atoms with Crippen molar-refractivity contribution in [2.45, 2.75) is 26.7 Å². The molecule has 4 aromatic heterocycles. The number of benzene rings is 6. The van der Waals surface area contributed by atoms with Crippen LogP contribution in [0, 0.1) is 6.92 Å². The van der Waals surface area contributed by atoms with Crippen LogP contribution in [0.15, 0.2) is 133 Å². The van der Waals surface area contributed by atoms with E-state index in [-0.39, 0.29) is 0 Å². The summed E-state index contributed by atoms with van der Waals surface area (Å²) in [6.07, 6.45) is 10.7. The van der Waals surface area contributed by atoms with Gasteiger partial charge in [0.15, 0.2) is 0 Å². The lowest BCUT2D eigenvalue weighted by molar-refractivity contribution is 0.878. The van der Waals surface area contributed by atoms with Crippen LogP contribution in [0.2, 0.25) is 0 Å². The summed E-state index contributed by atoms with van der Waals surface area (Å²) in [6.45, 7) is 4.37. The van der Waals surface area contributed by atoms with Crippen LogP contribution < -0.4 is 0 Å². The molecule has 4 heterocycles. The standard InChI is InChI=1S/C48H34N4/c1-3-14-33-29(2)51-45-36(33)21-13-22-39(45)43-35-18-8-7-17-34(35)42-38-20-10-12-24-41(38)52(47(42)46(43)51)48-49-40-23-11-9-19-37(40)44(50-48)32-27-25-31(26-28-32)30-15-5-4-6-16-30/h3-10,12-22,24-28H,11,23H2,1-2H3/b14-3-. The number of para-hydroxylation sites is 2. The Bertz CT molecular complexity index is 3120. The van der Waals surface area contributed by atoms with E-state index >= 15 is 0 Å². The van der Waals surface area contributed by atoms with Gasteiger partial charge in [-0.3, -0.25) is 4.57 Å². The maximum absolute atomic E-state index is 5.54. The predicted molar refractivity (Wildman–Crippen MR) is 219 cm³/mol. The van der Waals surface area contributed by atoms with Crippen molar-refractivity contribution < 1.29 is 0 Å². The first-order valence-electron chi connectivity index (χ1n) is 18.2. The van der Waals surface area contributed by atoms with Crippen molar-refractivity contribution in [3.05, 3.63) is 156 Å². The molecule has 1 aliphatic rings. The predicted octanol–water partition coefficient (Wildman–Crippen LogP) is 12.4. The third-order valence-corrected chi connectivity index (χ3v) is 11.2. The molecule has 52 heavy (non-hydrogen) atoms. The van der Waals surface area contributed by atoms with E-state index in [0.717, 1.165) is 46.4 Å². The van der Waals surface area contributed by atoms with Gasteiger partial charge in [-0.05, 0) is 54.7 Å². The van der Waals surface area contributed by atoms with Gasteiger partial charge in [0, 0.05) is 49.3 Å². The maximum Gasteiger partial charge on any atom is 0.235 e. The fourth-order valence-electron chi connectivity index (χ4n) is 9.00. The van der Waals surface area contributed by atoms with Gasteiger partial charge in [0.2, 0.25) is 5.95 Å². The molecule has 0 spiro atoms. The fourth-order valence-corrected chi connectivity index (χ4v) is 9.00. The lowest BCUT2D eigenvalue weighted by Crippen LogP contribution is -2.10. The van der Waals surface area contributed by atoms with Gasteiger partial charge in [0.05, 0.1) is 33.5 Å². The van der Waals surface area contributed by atoms with E-state index in [1.54, 1.807) is 0 Å². The molecular formula is C48H34N4. The molecule has 246 valence electrons. The molecule has 4 nitrogen and oxygen atoms in total. The highest BCUT2D eigenvalue weighted by Gasteiger charge is 2.28. The molecule has 10 aromatic rings. The second-order valence-corrected chi connectivity index (χ2v) is 14.0. The topological polar surface area (TPSA) is 35.1 Å². The minimum atomic E-state index is 0.713. The van der Waals surface area contributed by atoms with E-state index in [1.807, 2.05) is 0 Å². The monoisotopic (exact) mass is 666 g/mol. The highest BCUT2D eigenvalue weighted by atomic mass is 15.2. The van der Waals surface area contributed by atoms with Crippen molar-refractivity contribution in [1.29, 1.82) is 0 Å². The summed E-state index contributed by atoms with van der Waals surface area (Å²) < 4.78 is 4.88. The molecule has 0 aliphatic heterocycles.